The van der Waals surface area contributed by atoms with Crippen LogP contribution < -0.4 is 25.9 Å². The van der Waals surface area contributed by atoms with Gasteiger partial charge in [-0.05, 0) is 31.2 Å². The molecule has 4 N–H and O–H groups in total. The van der Waals surface area contributed by atoms with E-state index in [1.807, 2.05) is 18.2 Å². The Morgan fingerprint density at radius 3 is 2.86 bits per heavy atom. The summed E-state index contributed by atoms with van der Waals surface area (Å²) in [5.74, 6) is 7.87. The predicted octanol–water partition coefficient (Wildman–Crippen LogP) is 2.06. The lowest BCUT2D eigenvalue weighted by Gasteiger charge is -2.27. The van der Waals surface area contributed by atoms with Crippen LogP contribution in [-0.2, 0) is 9.53 Å². The number of amides is 2. The Morgan fingerprint density at radius 1 is 1.26 bits per heavy atom. The van der Waals surface area contributed by atoms with Crippen LogP contribution in [0.5, 0.6) is 11.5 Å². The van der Waals surface area contributed by atoms with E-state index in [1.54, 1.807) is 25.1 Å². The summed E-state index contributed by atoms with van der Waals surface area (Å²) in [6.45, 7) is 2.11. The van der Waals surface area contributed by atoms with Crippen LogP contribution in [0.3, 0.4) is 0 Å². The molecule has 0 fully saturated rings. The Balaban J connectivity index is 1.38. The minimum Gasteiger partial charge on any atom is -0.485 e. The molecule has 13 heteroatoms. The molecule has 2 amide bonds. The zero-order chi connectivity index (χ0) is 24.4. The third-order valence-corrected chi connectivity index (χ3v) is 6.28. The van der Waals surface area contributed by atoms with Gasteiger partial charge in [0.1, 0.15) is 18.4 Å². The Hall–Kier alpha value is -4.13. The van der Waals surface area contributed by atoms with Crippen molar-refractivity contribution in [3.63, 3.8) is 0 Å². The van der Waals surface area contributed by atoms with Gasteiger partial charge in [0.15, 0.2) is 23.4 Å². The van der Waals surface area contributed by atoms with Gasteiger partial charge in [0.05, 0.1) is 18.4 Å². The number of esters is 1. The summed E-state index contributed by atoms with van der Waals surface area (Å²) in [5, 5.41) is 14.1. The minimum absolute atomic E-state index is 0.166. The molecule has 2 aliphatic heterocycles. The lowest BCUT2D eigenvalue weighted by Crippen LogP contribution is -2.46. The standard InChI is InChI=1S/C22H22N6O6S/c1-2-31-20(29)17-12(24-21(30)25-18(17)15-8-5-9-32-15)11-35-22-27-26-19(28(22)23)16-10-33-13-6-3-4-7-14(13)34-16/h3-9,16,18H,2,10-11,23H2,1H3,(H2,24,25,30)/t16-,18-/m0/s1. The van der Waals surface area contributed by atoms with Crippen LogP contribution in [-0.4, -0.2) is 45.8 Å². The molecule has 12 nitrogen and oxygen atoms in total. The topological polar surface area (TPSA) is 156 Å². The Bertz CT molecular complexity index is 1270. The van der Waals surface area contributed by atoms with Gasteiger partial charge in [-0.15, -0.1) is 10.2 Å². The average molecular weight is 499 g/mol. The molecular weight excluding hydrogens is 476 g/mol. The Morgan fingerprint density at radius 2 is 2.09 bits per heavy atom. The molecule has 0 bridgehead atoms. The van der Waals surface area contributed by atoms with E-state index in [1.165, 1.54) is 22.7 Å². The molecule has 0 saturated carbocycles. The zero-order valence-electron chi connectivity index (χ0n) is 18.6. The number of nitrogen functional groups attached to an aromatic ring is 1. The second-order valence-corrected chi connectivity index (χ2v) is 8.47. The van der Waals surface area contributed by atoms with Crippen molar-refractivity contribution in [1.29, 1.82) is 0 Å². The SMILES string of the molecule is CCOC(=O)C1=C(CSc2nnc([C@@H]3COc4ccccc4O3)n2N)NC(=O)N[C@H]1c1ccco1. The maximum atomic E-state index is 12.8. The second kappa shape index (κ2) is 9.62. The molecule has 0 unspecified atom stereocenters. The number of carbonyl (C=O) groups is 2. The number of nitrogens with two attached hydrogens (primary N) is 1. The highest BCUT2D eigenvalue weighted by Gasteiger charge is 2.35. The van der Waals surface area contributed by atoms with E-state index in [-0.39, 0.29) is 24.5 Å². The third kappa shape index (κ3) is 4.49. The number of nitrogens with zero attached hydrogens (tertiary/aromatic N) is 3. The number of carbonyl (C=O) groups excluding carboxylic acids is 2. The minimum atomic E-state index is -0.799. The zero-order valence-corrected chi connectivity index (χ0v) is 19.4. The number of ether oxygens (including phenoxy) is 3. The molecule has 2 aromatic heterocycles. The third-order valence-electron chi connectivity index (χ3n) is 5.31. The molecule has 0 radical (unpaired) electrons. The summed E-state index contributed by atoms with van der Waals surface area (Å²) in [4.78, 5) is 25.1. The molecule has 5 rings (SSSR count). The van der Waals surface area contributed by atoms with E-state index in [0.717, 1.165) is 0 Å². The van der Waals surface area contributed by atoms with Gasteiger partial charge in [-0.2, -0.15) is 0 Å². The van der Waals surface area contributed by atoms with E-state index in [2.05, 4.69) is 20.8 Å². The fourth-order valence-corrected chi connectivity index (χ4v) is 4.57. The van der Waals surface area contributed by atoms with Crippen LogP contribution in [0.2, 0.25) is 0 Å². The summed E-state index contributed by atoms with van der Waals surface area (Å²) >= 11 is 1.19. The van der Waals surface area contributed by atoms with Crippen molar-refractivity contribution in [3.8, 4) is 11.5 Å². The number of urea groups is 1. The van der Waals surface area contributed by atoms with Crippen molar-refractivity contribution >= 4 is 23.8 Å². The number of hydrogen-bond acceptors (Lipinski definition) is 10. The monoisotopic (exact) mass is 498 g/mol. The molecule has 2 aliphatic rings. The van der Waals surface area contributed by atoms with E-state index in [9.17, 15) is 9.59 Å². The van der Waals surface area contributed by atoms with Gasteiger partial charge < -0.3 is 35.1 Å². The van der Waals surface area contributed by atoms with Gasteiger partial charge in [0.2, 0.25) is 5.16 Å². The van der Waals surface area contributed by atoms with Crippen LogP contribution in [0.25, 0.3) is 0 Å². The van der Waals surface area contributed by atoms with Crippen molar-refractivity contribution in [1.82, 2.24) is 25.5 Å². The quantitative estimate of drug-likeness (QED) is 0.250. The Kier molecular flexibility index (Phi) is 6.23. The first-order valence-corrected chi connectivity index (χ1v) is 11.8. The lowest BCUT2D eigenvalue weighted by molar-refractivity contribution is -0.139. The number of nitrogens with one attached hydrogen (secondary N) is 2. The van der Waals surface area contributed by atoms with E-state index >= 15 is 0 Å². The number of benzene rings is 1. The van der Waals surface area contributed by atoms with Gasteiger partial charge in [-0.1, -0.05) is 23.9 Å². The maximum absolute atomic E-state index is 12.8. The van der Waals surface area contributed by atoms with Crippen molar-refractivity contribution in [2.75, 3.05) is 24.8 Å². The summed E-state index contributed by atoms with van der Waals surface area (Å²) in [7, 11) is 0. The van der Waals surface area contributed by atoms with E-state index in [4.69, 9.17) is 24.5 Å². The van der Waals surface area contributed by atoms with Crippen LogP contribution in [0.15, 0.2) is 63.5 Å². The number of thioether (sulfide) groups is 1. The molecule has 182 valence electrons. The van der Waals surface area contributed by atoms with Crippen LogP contribution in [0, 0.1) is 0 Å². The summed E-state index contributed by atoms with van der Waals surface area (Å²) in [6.07, 6.45) is 0.919. The van der Waals surface area contributed by atoms with Gasteiger partial charge in [-0.3, -0.25) is 0 Å². The fraction of sp³-hybridized carbons (Fsp3) is 0.273. The fourth-order valence-electron chi connectivity index (χ4n) is 3.74. The average Bonchev–Trinajstić information content (AvgIpc) is 3.52. The van der Waals surface area contributed by atoms with Gasteiger partial charge >= 0.3 is 12.0 Å². The van der Waals surface area contributed by atoms with E-state index in [0.29, 0.717) is 33.9 Å². The molecule has 3 aromatic rings. The molecule has 2 atom stereocenters. The number of fused-ring (bicyclic) bond motifs is 1. The lowest BCUT2D eigenvalue weighted by atomic mass is 10.0. The van der Waals surface area contributed by atoms with Gasteiger partial charge in [0.25, 0.3) is 0 Å². The second-order valence-electron chi connectivity index (χ2n) is 7.52. The number of aromatic nitrogens is 3. The van der Waals surface area contributed by atoms with Crippen LogP contribution in [0.1, 0.15) is 30.7 Å². The van der Waals surface area contributed by atoms with Gasteiger partial charge in [-0.25, -0.2) is 14.3 Å². The van der Waals surface area contributed by atoms with Crippen molar-refractivity contribution in [3.05, 3.63) is 65.5 Å². The molecule has 4 heterocycles. The molecule has 35 heavy (non-hydrogen) atoms. The predicted molar refractivity (Wildman–Crippen MR) is 123 cm³/mol. The van der Waals surface area contributed by atoms with Crippen molar-refractivity contribution in [2.45, 2.75) is 24.2 Å². The largest absolute Gasteiger partial charge is 0.485 e. The first-order chi connectivity index (χ1) is 17.0. The number of hydrogen-bond donors (Lipinski definition) is 3. The smallest absolute Gasteiger partial charge is 0.338 e. The molecule has 0 saturated heterocycles. The van der Waals surface area contributed by atoms with Crippen LogP contribution in [0.4, 0.5) is 4.79 Å². The number of furan rings is 1. The Labute approximate surface area is 203 Å². The first kappa shape index (κ1) is 22.7. The summed E-state index contributed by atoms with van der Waals surface area (Å²) in [5.41, 5.74) is 0.590. The van der Waals surface area contributed by atoms with Crippen molar-refractivity contribution in [2.24, 2.45) is 0 Å². The normalized spacial score (nSPS) is 19.2. The highest BCUT2D eigenvalue weighted by molar-refractivity contribution is 7.99. The number of para-hydroxylation sites is 2. The highest BCUT2D eigenvalue weighted by atomic mass is 32.2. The first-order valence-electron chi connectivity index (χ1n) is 10.8. The van der Waals surface area contributed by atoms with Crippen molar-refractivity contribution < 1.29 is 28.2 Å². The van der Waals surface area contributed by atoms with Gasteiger partial charge in [0, 0.05) is 11.4 Å². The molecule has 0 spiro atoms. The highest BCUT2D eigenvalue weighted by Crippen LogP contribution is 2.36. The molecule has 0 aliphatic carbocycles. The molecular formula is C22H22N6O6S. The summed E-state index contributed by atoms with van der Waals surface area (Å²) < 4.78 is 23.7. The molecule has 1 aromatic carbocycles. The number of rotatable bonds is 7. The van der Waals surface area contributed by atoms with E-state index < -0.39 is 24.1 Å². The maximum Gasteiger partial charge on any atom is 0.338 e. The van der Waals surface area contributed by atoms with Crippen LogP contribution >= 0.6 is 11.8 Å². The summed E-state index contributed by atoms with van der Waals surface area (Å²) in [6, 6.07) is 9.39.